The summed E-state index contributed by atoms with van der Waals surface area (Å²) >= 11 is 2.91. The summed E-state index contributed by atoms with van der Waals surface area (Å²) in [6.07, 6.45) is 0. The van der Waals surface area contributed by atoms with Crippen LogP contribution < -0.4 is 0 Å². The van der Waals surface area contributed by atoms with E-state index in [0.717, 1.165) is 6.07 Å². The van der Waals surface area contributed by atoms with Gasteiger partial charge in [-0.05, 0) is 6.07 Å². The fraction of sp³-hybridized carbons (Fsp3) is 0.143. The molecule has 0 N–H and O–H groups in total. The van der Waals surface area contributed by atoms with Gasteiger partial charge < -0.3 is 4.55 Å². The third kappa shape index (κ3) is 2.72. The van der Waals surface area contributed by atoms with Crippen molar-refractivity contribution in [2.45, 2.75) is 5.75 Å². The first-order valence-electron chi connectivity index (χ1n) is 3.20. The molecule has 0 aliphatic heterocycles. The molecule has 0 fully saturated rings. The molecule has 2 nitrogen and oxygen atoms in total. The molecule has 1 atom stereocenters. The van der Waals surface area contributed by atoms with Gasteiger partial charge in [0.2, 0.25) is 0 Å². The van der Waals surface area contributed by atoms with Crippen LogP contribution in [0.2, 0.25) is 5.02 Å². The lowest BCUT2D eigenvalue weighted by Crippen LogP contribution is -1.98. The molecule has 0 aliphatic carbocycles. The maximum atomic E-state index is 12.8. The smallest absolute Gasteiger partial charge is 0.144 e. The van der Waals surface area contributed by atoms with Gasteiger partial charge in [0.1, 0.15) is 11.6 Å². The number of hydrogen-bond donors (Lipinski definition) is 0. The Morgan fingerprint density at radius 1 is 1.38 bits per heavy atom. The minimum atomic E-state index is -2.41. The summed E-state index contributed by atoms with van der Waals surface area (Å²) in [6, 6.07) is 1.52. The summed E-state index contributed by atoms with van der Waals surface area (Å²) in [6.45, 7) is 0. The Morgan fingerprint density at radius 2 is 2.00 bits per heavy atom. The van der Waals surface area contributed by atoms with Crippen molar-refractivity contribution in [3.63, 3.8) is 0 Å². The number of benzene rings is 1. The van der Waals surface area contributed by atoms with Crippen LogP contribution in [0, 0.1) is 11.6 Å². The molecule has 0 aromatic heterocycles. The van der Waals surface area contributed by atoms with Gasteiger partial charge in [0.25, 0.3) is 0 Å². The van der Waals surface area contributed by atoms with Crippen molar-refractivity contribution in [3.8, 4) is 0 Å². The van der Waals surface area contributed by atoms with Crippen LogP contribution in [0.15, 0.2) is 12.1 Å². The Hall–Kier alpha value is -0.520. The lowest BCUT2D eigenvalue weighted by molar-refractivity contribution is 0.531. The molecule has 0 saturated carbocycles. The van der Waals surface area contributed by atoms with Crippen molar-refractivity contribution in [2.75, 3.05) is 0 Å². The Labute approximate surface area is 80.8 Å². The van der Waals surface area contributed by atoms with E-state index in [9.17, 15) is 17.5 Å². The molecule has 0 saturated heterocycles. The highest BCUT2D eigenvalue weighted by Crippen LogP contribution is 2.20. The molecule has 1 aromatic rings. The normalized spacial score (nSPS) is 12.9. The van der Waals surface area contributed by atoms with Crippen molar-refractivity contribution in [3.05, 3.63) is 34.4 Å². The van der Waals surface area contributed by atoms with Crippen LogP contribution in [0.25, 0.3) is 0 Å². The molecule has 6 heteroatoms. The SMILES string of the molecule is O=S([O-])Cc1cc(Cl)c(F)cc1F. The van der Waals surface area contributed by atoms with E-state index in [0.29, 0.717) is 6.07 Å². The Bertz CT molecular complexity index is 357. The standard InChI is InChI=1S/C7H5ClF2O2S/c8-5-1-4(3-13(11)12)6(9)2-7(5)10/h1-2H,3H2,(H,11,12)/p-1. The summed E-state index contributed by atoms with van der Waals surface area (Å²) in [5.41, 5.74) is -0.139. The molecule has 0 spiro atoms. The maximum absolute atomic E-state index is 12.8. The Morgan fingerprint density at radius 3 is 2.54 bits per heavy atom. The molecule has 72 valence electrons. The highest BCUT2D eigenvalue weighted by Gasteiger charge is 2.07. The summed E-state index contributed by atoms with van der Waals surface area (Å²) in [5, 5.41) is -0.290. The van der Waals surface area contributed by atoms with Crippen LogP contribution in [0.5, 0.6) is 0 Å². The number of halogens is 3. The lowest BCUT2D eigenvalue weighted by atomic mass is 10.2. The van der Waals surface area contributed by atoms with Gasteiger partial charge in [0, 0.05) is 17.4 Å². The van der Waals surface area contributed by atoms with Crippen molar-refractivity contribution >= 4 is 22.7 Å². The molecule has 0 heterocycles. The predicted octanol–water partition coefficient (Wildman–Crippen LogP) is 2.00. The second-order valence-electron chi connectivity index (χ2n) is 2.31. The van der Waals surface area contributed by atoms with E-state index in [1.807, 2.05) is 0 Å². The topological polar surface area (TPSA) is 40.1 Å². The molecule has 0 radical (unpaired) electrons. The van der Waals surface area contributed by atoms with E-state index in [4.69, 9.17) is 11.6 Å². The minimum absolute atomic E-state index is 0.139. The van der Waals surface area contributed by atoms with E-state index < -0.39 is 28.5 Å². The molecular weight excluding hydrogens is 222 g/mol. The van der Waals surface area contributed by atoms with Crippen LogP contribution in [0.3, 0.4) is 0 Å². The minimum Gasteiger partial charge on any atom is -0.772 e. The third-order valence-corrected chi connectivity index (χ3v) is 2.20. The van der Waals surface area contributed by atoms with Crippen molar-refractivity contribution in [1.29, 1.82) is 0 Å². The summed E-state index contributed by atoms with van der Waals surface area (Å²) in [5.74, 6) is -2.32. The Kier molecular flexibility index (Phi) is 3.35. The van der Waals surface area contributed by atoms with Crippen molar-refractivity contribution < 1.29 is 17.5 Å². The van der Waals surface area contributed by atoms with Gasteiger partial charge in [-0.25, -0.2) is 8.78 Å². The molecule has 13 heavy (non-hydrogen) atoms. The lowest BCUT2D eigenvalue weighted by Gasteiger charge is -2.06. The van der Waals surface area contributed by atoms with Gasteiger partial charge in [-0.3, -0.25) is 4.21 Å². The molecule has 1 unspecified atom stereocenters. The van der Waals surface area contributed by atoms with E-state index in [-0.39, 0.29) is 10.6 Å². The molecule has 1 rings (SSSR count). The van der Waals surface area contributed by atoms with Gasteiger partial charge in [0.15, 0.2) is 0 Å². The highest BCUT2D eigenvalue weighted by atomic mass is 35.5. The Balaban J connectivity index is 3.08. The highest BCUT2D eigenvalue weighted by molar-refractivity contribution is 7.78. The van der Waals surface area contributed by atoms with E-state index >= 15 is 0 Å². The average Bonchev–Trinajstić information content (AvgIpc) is 1.99. The first-order chi connectivity index (χ1) is 6.00. The first kappa shape index (κ1) is 10.6. The zero-order valence-corrected chi connectivity index (χ0v) is 7.79. The summed E-state index contributed by atoms with van der Waals surface area (Å²) in [7, 11) is 0. The van der Waals surface area contributed by atoms with Crippen molar-refractivity contribution in [1.82, 2.24) is 0 Å². The summed E-state index contributed by atoms with van der Waals surface area (Å²) < 4.78 is 45.8. The zero-order chi connectivity index (χ0) is 10.0. The van der Waals surface area contributed by atoms with Gasteiger partial charge in [-0.2, -0.15) is 0 Å². The quantitative estimate of drug-likeness (QED) is 0.571. The largest absolute Gasteiger partial charge is 0.772 e. The van der Waals surface area contributed by atoms with Crippen LogP contribution in [-0.2, 0) is 16.8 Å². The average molecular weight is 226 g/mol. The van der Waals surface area contributed by atoms with E-state index in [1.165, 1.54) is 0 Å². The summed E-state index contributed by atoms with van der Waals surface area (Å²) in [4.78, 5) is 0. The number of rotatable bonds is 2. The van der Waals surface area contributed by atoms with Gasteiger partial charge in [-0.1, -0.05) is 22.7 Å². The van der Waals surface area contributed by atoms with Crippen LogP contribution in [0.1, 0.15) is 5.56 Å². The van der Waals surface area contributed by atoms with Crippen LogP contribution >= 0.6 is 11.6 Å². The number of hydrogen-bond acceptors (Lipinski definition) is 2. The monoisotopic (exact) mass is 225 g/mol. The van der Waals surface area contributed by atoms with E-state index in [1.54, 1.807) is 0 Å². The van der Waals surface area contributed by atoms with E-state index in [2.05, 4.69) is 0 Å². The van der Waals surface area contributed by atoms with Gasteiger partial charge >= 0.3 is 0 Å². The van der Waals surface area contributed by atoms with Gasteiger partial charge in [0.05, 0.1) is 5.02 Å². The van der Waals surface area contributed by atoms with Crippen molar-refractivity contribution in [2.24, 2.45) is 0 Å². The fourth-order valence-electron chi connectivity index (χ4n) is 0.801. The molecule has 0 aliphatic rings. The molecule has 1 aromatic carbocycles. The molecule has 0 bridgehead atoms. The fourth-order valence-corrected chi connectivity index (χ4v) is 1.46. The zero-order valence-electron chi connectivity index (χ0n) is 6.22. The second-order valence-corrected chi connectivity index (χ2v) is 3.61. The van der Waals surface area contributed by atoms with Crippen LogP contribution in [0.4, 0.5) is 8.78 Å². The predicted molar refractivity (Wildman–Crippen MR) is 44.0 cm³/mol. The molecule has 0 amide bonds. The maximum Gasteiger partial charge on any atom is 0.144 e. The molecular formula is C7H4ClF2O2S-. The second kappa shape index (κ2) is 4.13. The van der Waals surface area contributed by atoms with Crippen LogP contribution in [-0.4, -0.2) is 8.76 Å². The van der Waals surface area contributed by atoms with Gasteiger partial charge in [-0.15, -0.1) is 0 Å². The third-order valence-electron chi connectivity index (χ3n) is 1.36. The first-order valence-corrected chi connectivity index (χ1v) is 4.82.